The minimum atomic E-state index is -1.26. The second kappa shape index (κ2) is 8.84. The first-order valence-electron chi connectivity index (χ1n) is 7.76. The average molecular weight is 370 g/mol. The third kappa shape index (κ3) is 5.45. The van der Waals surface area contributed by atoms with Gasteiger partial charge in [0.1, 0.15) is 11.9 Å². The van der Waals surface area contributed by atoms with Gasteiger partial charge in [0, 0.05) is 35.3 Å². The first kappa shape index (κ1) is 19.2. The topological polar surface area (TPSA) is 96.3 Å². The van der Waals surface area contributed by atoms with Gasteiger partial charge in [0.05, 0.1) is 13.2 Å². The van der Waals surface area contributed by atoms with Gasteiger partial charge in [0.25, 0.3) is 0 Å². The number of hydrogen-bond donors (Lipinski definition) is 2. The summed E-state index contributed by atoms with van der Waals surface area (Å²) in [7, 11) is 2.15. The quantitative estimate of drug-likeness (QED) is 0.771. The van der Waals surface area contributed by atoms with E-state index in [1.165, 1.54) is 0 Å². The van der Waals surface area contributed by atoms with E-state index in [4.69, 9.17) is 31.3 Å². The summed E-state index contributed by atoms with van der Waals surface area (Å²) in [6.07, 6.45) is 2.20. The van der Waals surface area contributed by atoms with Crippen LogP contribution >= 0.6 is 11.6 Å². The number of hydrogen-bond acceptors (Lipinski definition) is 5. The molecule has 1 fully saturated rings. The number of fused-ring (bicyclic) bond motifs is 3. The maximum atomic E-state index is 9.55. The van der Waals surface area contributed by atoms with Crippen molar-refractivity contribution in [2.24, 2.45) is 0 Å². The van der Waals surface area contributed by atoms with Gasteiger partial charge in [-0.05, 0) is 31.7 Å². The number of rotatable bonds is 2. The van der Waals surface area contributed by atoms with Crippen LogP contribution in [0.2, 0.25) is 5.02 Å². The molecule has 7 nitrogen and oxygen atoms in total. The standard InChI is InChI=1S/C13H16ClNO2.C4H4O4/c1-15-5-7-17-13-10-8-9(14)2-3-12(10)16-6-4-11(13)15;5-3(6)1-2-4(7)8/h2-3,8,11,13H,4-7H2,1H3;1-2H,(H,5,6)(H,7,8)/t11-,13-;/m0./s1. The van der Waals surface area contributed by atoms with E-state index in [9.17, 15) is 9.59 Å². The molecule has 1 aromatic carbocycles. The first-order chi connectivity index (χ1) is 11.9. The maximum absolute atomic E-state index is 9.55. The van der Waals surface area contributed by atoms with Gasteiger partial charge in [-0.15, -0.1) is 0 Å². The molecular formula is C17H20ClNO6. The highest BCUT2D eigenvalue weighted by Gasteiger charge is 2.35. The lowest BCUT2D eigenvalue weighted by atomic mass is 9.97. The number of carboxylic acid groups (broad SMARTS) is 2. The summed E-state index contributed by atoms with van der Waals surface area (Å²) in [5.74, 6) is -1.60. The van der Waals surface area contributed by atoms with Gasteiger partial charge < -0.3 is 19.7 Å². The number of carbonyl (C=O) groups is 2. The van der Waals surface area contributed by atoms with E-state index in [0.717, 1.165) is 42.5 Å². The fraction of sp³-hybridized carbons (Fsp3) is 0.412. The van der Waals surface area contributed by atoms with E-state index in [-0.39, 0.29) is 6.10 Å². The normalized spacial score (nSPS) is 22.6. The Labute approximate surface area is 150 Å². The number of morpholine rings is 1. The zero-order valence-electron chi connectivity index (χ0n) is 13.7. The van der Waals surface area contributed by atoms with Crippen molar-refractivity contribution in [1.82, 2.24) is 4.90 Å². The molecule has 2 aliphatic rings. The molecule has 136 valence electrons. The Morgan fingerprint density at radius 2 is 1.92 bits per heavy atom. The Morgan fingerprint density at radius 1 is 1.24 bits per heavy atom. The fourth-order valence-corrected chi connectivity index (χ4v) is 2.99. The Hall–Kier alpha value is -2.09. The number of nitrogens with zero attached hydrogens (tertiary/aromatic N) is 1. The molecule has 1 saturated heterocycles. The Kier molecular flexibility index (Phi) is 6.81. The molecule has 3 rings (SSSR count). The molecule has 1 aromatic rings. The second-order valence-electron chi connectivity index (χ2n) is 5.67. The predicted octanol–water partition coefficient (Wildman–Crippen LogP) is 2.21. The van der Waals surface area contributed by atoms with Gasteiger partial charge in [0.15, 0.2) is 0 Å². The van der Waals surface area contributed by atoms with E-state index >= 15 is 0 Å². The zero-order valence-corrected chi connectivity index (χ0v) is 14.5. The minimum absolute atomic E-state index is 0.0879. The number of ether oxygens (including phenoxy) is 2. The van der Waals surface area contributed by atoms with E-state index < -0.39 is 11.9 Å². The fourth-order valence-electron chi connectivity index (χ4n) is 2.81. The lowest BCUT2D eigenvalue weighted by Gasteiger charge is -2.38. The van der Waals surface area contributed by atoms with Crippen molar-refractivity contribution in [3.63, 3.8) is 0 Å². The van der Waals surface area contributed by atoms with Crippen molar-refractivity contribution in [2.45, 2.75) is 18.6 Å². The first-order valence-corrected chi connectivity index (χ1v) is 8.14. The van der Waals surface area contributed by atoms with Crippen molar-refractivity contribution < 1.29 is 29.3 Å². The van der Waals surface area contributed by atoms with Crippen LogP contribution in [0.1, 0.15) is 18.1 Å². The maximum Gasteiger partial charge on any atom is 0.328 e. The highest BCUT2D eigenvalue weighted by Crippen LogP contribution is 2.38. The summed E-state index contributed by atoms with van der Waals surface area (Å²) in [5.41, 5.74) is 1.09. The summed E-state index contributed by atoms with van der Waals surface area (Å²) >= 11 is 6.07. The molecule has 0 amide bonds. The number of halogens is 1. The lowest BCUT2D eigenvalue weighted by Crippen LogP contribution is -2.44. The number of carboxylic acids is 2. The Morgan fingerprint density at radius 3 is 2.56 bits per heavy atom. The van der Waals surface area contributed by atoms with Crippen molar-refractivity contribution in [3.05, 3.63) is 40.9 Å². The predicted molar refractivity (Wildman–Crippen MR) is 91.1 cm³/mol. The number of benzene rings is 1. The van der Waals surface area contributed by atoms with Gasteiger partial charge in [0.2, 0.25) is 0 Å². The van der Waals surface area contributed by atoms with Crippen LogP contribution in [0.4, 0.5) is 0 Å². The molecule has 8 heteroatoms. The molecule has 0 unspecified atom stereocenters. The van der Waals surface area contributed by atoms with E-state index in [2.05, 4.69) is 11.9 Å². The van der Waals surface area contributed by atoms with Crippen molar-refractivity contribution >= 4 is 23.5 Å². The molecule has 2 atom stereocenters. The van der Waals surface area contributed by atoms with E-state index in [1.54, 1.807) is 0 Å². The van der Waals surface area contributed by atoms with Crippen molar-refractivity contribution in [2.75, 3.05) is 26.8 Å². The van der Waals surface area contributed by atoms with Crippen molar-refractivity contribution in [3.8, 4) is 5.75 Å². The summed E-state index contributed by atoms with van der Waals surface area (Å²) in [5, 5.41) is 16.4. The summed E-state index contributed by atoms with van der Waals surface area (Å²) in [4.78, 5) is 21.5. The molecule has 0 bridgehead atoms. The molecule has 2 N–H and O–H groups in total. The highest BCUT2D eigenvalue weighted by molar-refractivity contribution is 6.30. The minimum Gasteiger partial charge on any atom is -0.493 e. The Balaban J connectivity index is 0.000000242. The van der Waals surface area contributed by atoms with Crippen LogP contribution in [0.5, 0.6) is 5.75 Å². The van der Waals surface area contributed by atoms with Gasteiger partial charge >= 0.3 is 11.9 Å². The average Bonchev–Trinajstić information content (AvgIpc) is 2.74. The third-order valence-electron chi connectivity index (χ3n) is 3.98. The summed E-state index contributed by atoms with van der Waals surface area (Å²) < 4.78 is 11.7. The Bertz CT molecular complexity index is 647. The van der Waals surface area contributed by atoms with Crippen LogP contribution in [0.3, 0.4) is 0 Å². The monoisotopic (exact) mass is 369 g/mol. The van der Waals surface area contributed by atoms with Crippen LogP contribution in [-0.2, 0) is 14.3 Å². The van der Waals surface area contributed by atoms with Crippen LogP contribution < -0.4 is 4.74 Å². The summed E-state index contributed by atoms with van der Waals surface area (Å²) in [6, 6.07) is 6.17. The largest absolute Gasteiger partial charge is 0.493 e. The number of likely N-dealkylation sites (N-methyl/N-ethyl adjacent to an activating group) is 1. The van der Waals surface area contributed by atoms with Gasteiger partial charge in [-0.3, -0.25) is 4.90 Å². The molecule has 2 aliphatic heterocycles. The molecule has 0 aromatic heterocycles. The number of aliphatic carboxylic acids is 2. The third-order valence-corrected chi connectivity index (χ3v) is 4.21. The van der Waals surface area contributed by atoms with Gasteiger partial charge in [-0.1, -0.05) is 11.6 Å². The second-order valence-corrected chi connectivity index (χ2v) is 6.10. The molecule has 2 heterocycles. The zero-order chi connectivity index (χ0) is 18.4. The van der Waals surface area contributed by atoms with Crippen LogP contribution in [0.15, 0.2) is 30.4 Å². The highest BCUT2D eigenvalue weighted by atomic mass is 35.5. The van der Waals surface area contributed by atoms with E-state index in [0.29, 0.717) is 18.2 Å². The lowest BCUT2D eigenvalue weighted by molar-refractivity contribution is -0.134. The van der Waals surface area contributed by atoms with Crippen molar-refractivity contribution in [1.29, 1.82) is 0 Å². The van der Waals surface area contributed by atoms with Gasteiger partial charge in [-0.25, -0.2) is 9.59 Å². The van der Waals surface area contributed by atoms with Crippen LogP contribution in [0.25, 0.3) is 0 Å². The van der Waals surface area contributed by atoms with E-state index in [1.807, 2.05) is 18.2 Å². The molecule has 0 saturated carbocycles. The molecule has 0 spiro atoms. The van der Waals surface area contributed by atoms with Gasteiger partial charge in [-0.2, -0.15) is 0 Å². The molecular weight excluding hydrogens is 350 g/mol. The van der Waals surface area contributed by atoms with Crippen LogP contribution in [-0.4, -0.2) is 59.9 Å². The summed E-state index contributed by atoms with van der Waals surface area (Å²) in [6.45, 7) is 2.49. The SMILES string of the molecule is CN1CCO[C@H]2c3cc(Cl)ccc3OCC[C@@H]21.O=C(O)C=CC(=O)O. The van der Waals surface area contributed by atoms with Crippen LogP contribution in [0, 0.1) is 0 Å². The molecule has 0 aliphatic carbocycles. The molecule has 0 radical (unpaired) electrons. The molecule has 25 heavy (non-hydrogen) atoms. The smallest absolute Gasteiger partial charge is 0.328 e.